The van der Waals surface area contributed by atoms with Gasteiger partial charge in [0.25, 0.3) is 5.79 Å². The van der Waals surface area contributed by atoms with E-state index in [1.807, 2.05) is 0 Å². The molecule has 0 radical (unpaired) electrons. The van der Waals surface area contributed by atoms with Crippen LogP contribution < -0.4 is 0 Å². The summed E-state index contributed by atoms with van der Waals surface area (Å²) in [6, 6.07) is 0. The molecule has 1 saturated heterocycles. The molecule has 0 bridgehead atoms. The molecule has 1 fully saturated rings. The normalized spacial score (nSPS) is 34.1. The summed E-state index contributed by atoms with van der Waals surface area (Å²) >= 11 is 0. The summed E-state index contributed by atoms with van der Waals surface area (Å²) in [5.41, 5.74) is 0. The Hall–Kier alpha value is -0.770. The van der Waals surface area contributed by atoms with Gasteiger partial charge in [0.2, 0.25) is 0 Å². The zero-order valence-corrected chi connectivity index (χ0v) is 10.4. The molecular formula is C10H18O8. The number of carbonyl (C=O) groups is 1. The van der Waals surface area contributed by atoms with Crippen LogP contribution in [0.5, 0.6) is 0 Å². The van der Waals surface area contributed by atoms with Crippen molar-refractivity contribution in [1.29, 1.82) is 0 Å². The highest BCUT2D eigenvalue weighted by Gasteiger charge is 2.62. The quantitative estimate of drug-likeness (QED) is 0.419. The molecule has 0 aromatic rings. The highest BCUT2D eigenvalue weighted by Crippen LogP contribution is 2.37. The van der Waals surface area contributed by atoms with Gasteiger partial charge in [0.15, 0.2) is 11.9 Å². The third-order valence-corrected chi connectivity index (χ3v) is 2.57. The first kappa shape index (κ1) is 15.3. The zero-order chi connectivity index (χ0) is 14.1. The van der Waals surface area contributed by atoms with Gasteiger partial charge in [-0.2, -0.15) is 0 Å². The molecule has 1 aliphatic heterocycles. The summed E-state index contributed by atoms with van der Waals surface area (Å²) in [6.07, 6.45) is -4.90. The molecule has 0 amide bonds. The van der Waals surface area contributed by atoms with E-state index >= 15 is 0 Å². The van der Waals surface area contributed by atoms with E-state index < -0.39 is 42.5 Å². The van der Waals surface area contributed by atoms with Gasteiger partial charge in [-0.05, 0) is 13.8 Å². The van der Waals surface area contributed by atoms with Crippen LogP contribution in [-0.2, 0) is 19.0 Å². The van der Waals surface area contributed by atoms with Crippen molar-refractivity contribution in [2.45, 2.75) is 43.7 Å². The van der Waals surface area contributed by atoms with Gasteiger partial charge in [-0.3, -0.25) is 0 Å². The Morgan fingerprint density at radius 2 is 2.00 bits per heavy atom. The third-order valence-electron chi connectivity index (χ3n) is 2.57. The fourth-order valence-electron chi connectivity index (χ4n) is 1.76. The van der Waals surface area contributed by atoms with Crippen LogP contribution >= 0.6 is 0 Å². The summed E-state index contributed by atoms with van der Waals surface area (Å²) in [4.78, 5) is 11.5. The van der Waals surface area contributed by atoms with Crippen molar-refractivity contribution in [3.63, 3.8) is 0 Å². The number of aliphatic hydroxyl groups is 4. The van der Waals surface area contributed by atoms with Crippen molar-refractivity contribution in [2.75, 3.05) is 13.7 Å². The number of rotatable bonds is 4. The third kappa shape index (κ3) is 2.63. The van der Waals surface area contributed by atoms with E-state index in [1.165, 1.54) is 13.8 Å². The predicted molar refractivity (Wildman–Crippen MR) is 56.1 cm³/mol. The molecule has 0 spiro atoms. The Morgan fingerprint density at radius 1 is 1.44 bits per heavy atom. The number of aliphatic hydroxyl groups excluding tert-OH is 3. The molecule has 1 rings (SSSR count). The van der Waals surface area contributed by atoms with Gasteiger partial charge in [0.1, 0.15) is 12.2 Å². The Morgan fingerprint density at radius 3 is 2.44 bits per heavy atom. The van der Waals surface area contributed by atoms with Crippen LogP contribution in [0.3, 0.4) is 0 Å². The van der Waals surface area contributed by atoms with Gasteiger partial charge in [-0.1, -0.05) is 0 Å². The lowest BCUT2D eigenvalue weighted by Gasteiger charge is -2.28. The van der Waals surface area contributed by atoms with Crippen LogP contribution in [0, 0.1) is 0 Å². The second kappa shape index (κ2) is 5.08. The van der Waals surface area contributed by atoms with Crippen LogP contribution in [0.4, 0.5) is 0 Å². The van der Waals surface area contributed by atoms with Crippen LogP contribution in [0.15, 0.2) is 0 Å². The van der Waals surface area contributed by atoms with Crippen LogP contribution in [0.25, 0.3) is 0 Å². The number of carbonyl (C=O) groups excluding carboxylic acids is 1. The first-order valence-electron chi connectivity index (χ1n) is 5.33. The average Bonchev–Trinajstić information content (AvgIpc) is 2.57. The van der Waals surface area contributed by atoms with E-state index in [-0.39, 0.29) is 0 Å². The standard InChI is InChI=1S/C10H18O8/c1-9(2)17-7(6(13)5(12)4-11)10(15,18-9)8(14)16-3/h5-7,11-13,15H,4H2,1-3H3/t5-,6+,7-,10-/m0/s1. The van der Waals surface area contributed by atoms with Gasteiger partial charge in [-0.15, -0.1) is 0 Å². The predicted octanol–water partition coefficient (Wildman–Crippen LogP) is -2.29. The first-order chi connectivity index (χ1) is 8.18. The second-order valence-corrected chi connectivity index (χ2v) is 4.47. The minimum atomic E-state index is -2.55. The van der Waals surface area contributed by atoms with Crippen molar-refractivity contribution in [3.8, 4) is 0 Å². The van der Waals surface area contributed by atoms with E-state index in [2.05, 4.69) is 4.74 Å². The molecule has 8 nitrogen and oxygen atoms in total. The molecule has 0 aromatic carbocycles. The molecule has 1 aliphatic rings. The summed E-state index contributed by atoms with van der Waals surface area (Å²) < 4.78 is 14.6. The van der Waals surface area contributed by atoms with Crippen molar-refractivity contribution in [3.05, 3.63) is 0 Å². The van der Waals surface area contributed by atoms with Gasteiger partial charge in [-0.25, -0.2) is 4.79 Å². The lowest BCUT2D eigenvalue weighted by atomic mass is 10.0. The lowest BCUT2D eigenvalue weighted by Crippen LogP contribution is -2.56. The maximum absolute atomic E-state index is 11.5. The summed E-state index contributed by atoms with van der Waals surface area (Å²) in [5, 5.41) is 37.9. The van der Waals surface area contributed by atoms with Crippen LogP contribution in [0.1, 0.15) is 13.8 Å². The Kier molecular flexibility index (Phi) is 4.31. The summed E-state index contributed by atoms with van der Waals surface area (Å²) in [7, 11) is 1.03. The average molecular weight is 266 g/mol. The van der Waals surface area contributed by atoms with Gasteiger partial charge < -0.3 is 34.6 Å². The van der Waals surface area contributed by atoms with Gasteiger partial charge in [0.05, 0.1) is 13.7 Å². The molecule has 0 unspecified atom stereocenters. The molecule has 4 atom stereocenters. The highest BCUT2D eigenvalue weighted by molar-refractivity contribution is 5.78. The topological polar surface area (TPSA) is 126 Å². The van der Waals surface area contributed by atoms with E-state index in [0.717, 1.165) is 7.11 Å². The van der Waals surface area contributed by atoms with E-state index in [9.17, 15) is 20.1 Å². The lowest BCUT2D eigenvalue weighted by molar-refractivity contribution is -0.245. The van der Waals surface area contributed by atoms with Crippen molar-refractivity contribution >= 4 is 5.97 Å². The Bertz CT molecular complexity index is 317. The SMILES string of the molecule is COC(=O)[C@@]1(O)OC(C)(C)O[C@H]1[C@H](O)[C@@H](O)CO. The van der Waals surface area contributed by atoms with Crippen molar-refractivity contribution < 1.29 is 39.4 Å². The molecule has 0 aliphatic carbocycles. The maximum Gasteiger partial charge on any atom is 0.369 e. The molecular weight excluding hydrogens is 248 g/mol. The minimum Gasteiger partial charge on any atom is -0.465 e. The van der Waals surface area contributed by atoms with Crippen LogP contribution in [0.2, 0.25) is 0 Å². The molecule has 18 heavy (non-hydrogen) atoms. The van der Waals surface area contributed by atoms with Gasteiger partial charge >= 0.3 is 5.97 Å². The summed E-state index contributed by atoms with van der Waals surface area (Å²) in [6.45, 7) is 2.07. The first-order valence-corrected chi connectivity index (χ1v) is 5.33. The molecule has 4 N–H and O–H groups in total. The summed E-state index contributed by atoms with van der Waals surface area (Å²) in [5.74, 6) is -5.07. The van der Waals surface area contributed by atoms with E-state index in [1.54, 1.807) is 0 Å². The maximum atomic E-state index is 11.5. The van der Waals surface area contributed by atoms with E-state index in [4.69, 9.17) is 14.6 Å². The fourth-order valence-corrected chi connectivity index (χ4v) is 1.76. The monoisotopic (exact) mass is 266 g/mol. The van der Waals surface area contributed by atoms with Crippen molar-refractivity contribution in [1.82, 2.24) is 0 Å². The molecule has 0 saturated carbocycles. The number of hydrogen-bond donors (Lipinski definition) is 4. The van der Waals surface area contributed by atoms with E-state index in [0.29, 0.717) is 0 Å². The molecule has 106 valence electrons. The number of hydrogen-bond acceptors (Lipinski definition) is 8. The molecule has 8 heteroatoms. The molecule has 1 heterocycles. The minimum absolute atomic E-state index is 0.765. The van der Waals surface area contributed by atoms with Crippen molar-refractivity contribution in [2.24, 2.45) is 0 Å². The van der Waals surface area contributed by atoms with Crippen LogP contribution in [-0.4, -0.2) is 70.0 Å². The largest absolute Gasteiger partial charge is 0.465 e. The fraction of sp³-hybridized carbons (Fsp3) is 0.900. The number of ether oxygens (including phenoxy) is 3. The Labute approximate surface area is 104 Å². The molecule has 0 aromatic heterocycles. The highest BCUT2D eigenvalue weighted by atomic mass is 16.8. The Balaban J connectivity index is 3.03. The zero-order valence-electron chi connectivity index (χ0n) is 10.4. The second-order valence-electron chi connectivity index (χ2n) is 4.47. The van der Waals surface area contributed by atoms with Gasteiger partial charge in [0, 0.05) is 0 Å². The smallest absolute Gasteiger partial charge is 0.369 e. The number of esters is 1. The number of methoxy groups -OCH3 is 1.